The summed E-state index contributed by atoms with van der Waals surface area (Å²) in [5, 5.41) is 1.94. The van der Waals surface area contributed by atoms with Crippen LogP contribution >= 0.6 is 39.0 Å². The number of thiophene rings is 1. The molecule has 1 aliphatic rings. The molecule has 5 heteroatoms. The van der Waals surface area contributed by atoms with Crippen molar-refractivity contribution in [2.24, 2.45) is 0 Å². The first-order valence-electron chi connectivity index (χ1n) is 4.39. The van der Waals surface area contributed by atoms with E-state index in [9.17, 15) is 4.79 Å². The number of rotatable bonds is 1. The van der Waals surface area contributed by atoms with Crippen LogP contribution in [0.25, 0.3) is 0 Å². The van der Waals surface area contributed by atoms with Gasteiger partial charge >= 0.3 is 0 Å². The van der Waals surface area contributed by atoms with Crippen LogP contribution in [-0.2, 0) is 0 Å². The van der Waals surface area contributed by atoms with E-state index in [2.05, 4.69) is 15.9 Å². The average molecular weight is 292 g/mol. The normalized spacial score (nSPS) is 17.1. The molecular formula is C9H10BrNOS2. The van der Waals surface area contributed by atoms with Gasteiger partial charge in [0.15, 0.2) is 0 Å². The lowest BCUT2D eigenvalue weighted by molar-refractivity contribution is 0.0776. The largest absolute Gasteiger partial charge is 0.336 e. The molecule has 2 rings (SSSR count). The molecule has 0 spiro atoms. The van der Waals surface area contributed by atoms with Gasteiger partial charge in [0.05, 0.1) is 0 Å². The number of hydrogen-bond acceptors (Lipinski definition) is 3. The predicted molar refractivity (Wildman–Crippen MR) is 65.2 cm³/mol. The van der Waals surface area contributed by atoms with Crippen LogP contribution in [0.4, 0.5) is 0 Å². The van der Waals surface area contributed by atoms with Crippen molar-refractivity contribution in [3.63, 3.8) is 0 Å². The second-order valence-corrected chi connectivity index (χ2v) is 6.00. The zero-order valence-corrected chi connectivity index (χ0v) is 10.8. The molecular weight excluding hydrogens is 282 g/mol. The first-order chi connectivity index (χ1) is 6.79. The van der Waals surface area contributed by atoms with Crippen molar-refractivity contribution in [3.8, 4) is 0 Å². The minimum absolute atomic E-state index is 0.173. The highest BCUT2D eigenvalue weighted by Crippen LogP contribution is 2.25. The fraction of sp³-hybridized carbons (Fsp3) is 0.444. The molecule has 0 aliphatic carbocycles. The minimum atomic E-state index is 0.173. The summed E-state index contributed by atoms with van der Waals surface area (Å²) in [5.74, 6) is 2.30. The third-order valence-corrected chi connectivity index (χ3v) is 4.88. The summed E-state index contributed by atoms with van der Waals surface area (Å²) >= 11 is 6.81. The first-order valence-corrected chi connectivity index (χ1v) is 7.22. The van der Waals surface area contributed by atoms with E-state index < -0.39 is 0 Å². The van der Waals surface area contributed by atoms with Gasteiger partial charge < -0.3 is 4.90 Å². The zero-order valence-electron chi connectivity index (χ0n) is 7.53. The molecule has 0 saturated carbocycles. The van der Waals surface area contributed by atoms with Gasteiger partial charge in [-0.2, -0.15) is 11.8 Å². The second kappa shape index (κ2) is 4.68. The maximum absolute atomic E-state index is 12.0. The minimum Gasteiger partial charge on any atom is -0.336 e. The van der Waals surface area contributed by atoms with Gasteiger partial charge in [-0.1, -0.05) is 0 Å². The molecule has 2 nitrogen and oxygen atoms in total. The first kappa shape index (κ1) is 10.5. The summed E-state index contributed by atoms with van der Waals surface area (Å²) in [6.45, 7) is 1.77. The van der Waals surface area contributed by atoms with Gasteiger partial charge in [-0.05, 0) is 27.4 Å². The highest BCUT2D eigenvalue weighted by Gasteiger charge is 2.20. The van der Waals surface area contributed by atoms with Gasteiger partial charge in [-0.15, -0.1) is 11.3 Å². The highest BCUT2D eigenvalue weighted by atomic mass is 79.9. The Morgan fingerprint density at radius 2 is 2.14 bits per heavy atom. The SMILES string of the molecule is O=C(c1sccc1Br)N1CCSCC1. The molecule has 0 unspecified atom stereocenters. The van der Waals surface area contributed by atoms with Crippen LogP contribution in [0.3, 0.4) is 0 Å². The topological polar surface area (TPSA) is 20.3 Å². The Morgan fingerprint density at radius 1 is 1.43 bits per heavy atom. The number of hydrogen-bond donors (Lipinski definition) is 0. The molecule has 14 heavy (non-hydrogen) atoms. The lowest BCUT2D eigenvalue weighted by Crippen LogP contribution is -2.37. The predicted octanol–water partition coefficient (Wildman–Crippen LogP) is 2.70. The number of amides is 1. The van der Waals surface area contributed by atoms with Crippen LogP contribution in [0.5, 0.6) is 0 Å². The molecule has 1 fully saturated rings. The van der Waals surface area contributed by atoms with Gasteiger partial charge in [0.25, 0.3) is 5.91 Å². The van der Waals surface area contributed by atoms with E-state index in [1.165, 1.54) is 11.3 Å². The summed E-state index contributed by atoms with van der Waals surface area (Å²) in [6, 6.07) is 1.93. The molecule has 0 N–H and O–H groups in total. The van der Waals surface area contributed by atoms with Gasteiger partial charge in [0.2, 0.25) is 0 Å². The Kier molecular flexibility index (Phi) is 3.52. The molecule has 0 aromatic carbocycles. The standard InChI is InChI=1S/C9H10BrNOS2/c10-7-1-4-14-8(7)9(12)11-2-5-13-6-3-11/h1,4H,2-3,5-6H2. The third kappa shape index (κ3) is 2.15. The van der Waals surface area contributed by atoms with Gasteiger partial charge in [0, 0.05) is 29.1 Å². The number of halogens is 1. The maximum atomic E-state index is 12.0. The van der Waals surface area contributed by atoms with E-state index in [0.29, 0.717) is 0 Å². The monoisotopic (exact) mass is 291 g/mol. The third-order valence-electron chi connectivity index (χ3n) is 2.11. The smallest absolute Gasteiger partial charge is 0.265 e. The van der Waals surface area contributed by atoms with Gasteiger partial charge in [0.1, 0.15) is 4.88 Å². The molecule has 0 bridgehead atoms. The molecule has 1 aliphatic heterocycles. The van der Waals surface area contributed by atoms with Crippen molar-refractivity contribution in [1.82, 2.24) is 4.90 Å². The summed E-state index contributed by atoms with van der Waals surface area (Å²) < 4.78 is 0.922. The van der Waals surface area contributed by atoms with Crippen LogP contribution < -0.4 is 0 Å². The quantitative estimate of drug-likeness (QED) is 0.793. The molecule has 76 valence electrons. The van der Waals surface area contributed by atoms with Crippen LogP contribution in [0.15, 0.2) is 15.9 Å². The summed E-state index contributed by atoms with van der Waals surface area (Å²) in [5.41, 5.74) is 0. The van der Waals surface area contributed by atoms with Crippen molar-refractivity contribution in [2.45, 2.75) is 0 Å². The van der Waals surface area contributed by atoms with E-state index in [-0.39, 0.29) is 5.91 Å². The fourth-order valence-electron chi connectivity index (χ4n) is 1.36. The van der Waals surface area contributed by atoms with E-state index in [4.69, 9.17) is 0 Å². The van der Waals surface area contributed by atoms with Crippen LogP contribution in [0.1, 0.15) is 9.67 Å². The van der Waals surface area contributed by atoms with Crippen molar-refractivity contribution in [2.75, 3.05) is 24.6 Å². The van der Waals surface area contributed by atoms with Crippen LogP contribution in [-0.4, -0.2) is 35.4 Å². The lowest BCUT2D eigenvalue weighted by Gasteiger charge is -2.25. The molecule has 0 atom stereocenters. The molecule has 0 radical (unpaired) electrons. The maximum Gasteiger partial charge on any atom is 0.265 e. The van der Waals surface area contributed by atoms with E-state index in [0.717, 1.165) is 33.9 Å². The Labute approximate surface area is 99.8 Å². The number of nitrogens with zero attached hydrogens (tertiary/aromatic N) is 1. The van der Waals surface area contributed by atoms with E-state index in [1.807, 2.05) is 28.1 Å². The Morgan fingerprint density at radius 3 is 2.71 bits per heavy atom. The number of carbonyl (C=O) groups is 1. The molecule has 1 aromatic rings. The van der Waals surface area contributed by atoms with Crippen LogP contribution in [0, 0.1) is 0 Å². The van der Waals surface area contributed by atoms with E-state index in [1.54, 1.807) is 0 Å². The van der Waals surface area contributed by atoms with Crippen molar-refractivity contribution < 1.29 is 4.79 Å². The number of carbonyl (C=O) groups excluding carboxylic acids is 1. The van der Waals surface area contributed by atoms with Gasteiger partial charge in [-0.25, -0.2) is 0 Å². The van der Waals surface area contributed by atoms with E-state index >= 15 is 0 Å². The zero-order chi connectivity index (χ0) is 9.97. The molecule has 1 aromatic heterocycles. The molecule has 1 saturated heterocycles. The molecule has 2 heterocycles. The fourth-order valence-corrected chi connectivity index (χ4v) is 3.77. The summed E-state index contributed by atoms with van der Waals surface area (Å²) in [7, 11) is 0. The van der Waals surface area contributed by atoms with Crippen molar-refractivity contribution in [3.05, 3.63) is 20.8 Å². The highest BCUT2D eigenvalue weighted by molar-refractivity contribution is 9.10. The second-order valence-electron chi connectivity index (χ2n) is 3.00. The summed E-state index contributed by atoms with van der Waals surface area (Å²) in [6.07, 6.45) is 0. The Bertz CT molecular complexity index is 333. The lowest BCUT2D eigenvalue weighted by atomic mass is 10.4. The van der Waals surface area contributed by atoms with Crippen LogP contribution in [0.2, 0.25) is 0 Å². The average Bonchev–Trinajstić information content (AvgIpc) is 2.65. The Hall–Kier alpha value is -0.0000000000000000555. The number of thioether (sulfide) groups is 1. The van der Waals surface area contributed by atoms with Gasteiger partial charge in [-0.3, -0.25) is 4.79 Å². The Balaban J connectivity index is 2.11. The molecule has 1 amide bonds. The van der Waals surface area contributed by atoms with Crippen molar-refractivity contribution in [1.29, 1.82) is 0 Å². The van der Waals surface area contributed by atoms with Crippen molar-refractivity contribution >= 4 is 44.9 Å². The summed E-state index contributed by atoms with van der Waals surface area (Å²) in [4.78, 5) is 14.7.